The zero-order valence-corrected chi connectivity index (χ0v) is 8.97. The molecule has 0 unspecified atom stereocenters. The van der Waals surface area contributed by atoms with Gasteiger partial charge < -0.3 is 9.63 Å². The highest BCUT2D eigenvalue weighted by Crippen LogP contribution is 2.08. The summed E-state index contributed by atoms with van der Waals surface area (Å²) in [4.78, 5) is 10.6. The molecule has 0 aliphatic carbocycles. The number of aryl methyl sites for hydroxylation is 2. The zero-order chi connectivity index (χ0) is 11.7. The fourth-order valence-electron chi connectivity index (χ4n) is 1.47. The lowest BCUT2D eigenvalue weighted by molar-refractivity contribution is 0.0685. The Bertz CT molecular complexity index is 527. The van der Waals surface area contributed by atoms with Crippen LogP contribution in [-0.2, 0) is 6.54 Å². The van der Waals surface area contributed by atoms with Crippen LogP contribution in [0.5, 0.6) is 0 Å². The fourth-order valence-corrected chi connectivity index (χ4v) is 1.47. The molecule has 0 saturated heterocycles. The fraction of sp³-hybridized carbons (Fsp3) is 0.300. The van der Waals surface area contributed by atoms with E-state index in [0.29, 0.717) is 12.3 Å². The van der Waals surface area contributed by atoms with Gasteiger partial charge in [0.1, 0.15) is 6.54 Å². The summed E-state index contributed by atoms with van der Waals surface area (Å²) in [5.74, 6) is -0.619. The predicted molar refractivity (Wildman–Crippen MR) is 54.3 cm³/mol. The van der Waals surface area contributed by atoms with Gasteiger partial charge in [-0.05, 0) is 19.9 Å². The van der Waals surface area contributed by atoms with Crippen molar-refractivity contribution < 1.29 is 14.4 Å². The van der Waals surface area contributed by atoms with E-state index in [1.807, 2.05) is 19.9 Å². The summed E-state index contributed by atoms with van der Waals surface area (Å²) in [6.07, 6.45) is 0. The number of carboxylic acid groups (broad SMARTS) is 1. The Kier molecular flexibility index (Phi) is 2.47. The molecule has 0 atom stereocenters. The number of nitrogens with zero attached hydrogens (tertiary/aromatic N) is 3. The molecule has 2 rings (SSSR count). The molecule has 6 nitrogen and oxygen atoms in total. The molecule has 16 heavy (non-hydrogen) atoms. The van der Waals surface area contributed by atoms with Crippen molar-refractivity contribution >= 4 is 5.97 Å². The summed E-state index contributed by atoms with van der Waals surface area (Å²) in [6.45, 7) is 4.21. The van der Waals surface area contributed by atoms with E-state index in [0.717, 1.165) is 11.4 Å². The largest absolute Gasteiger partial charge is 0.476 e. The number of carboxylic acids is 1. The number of carbonyl (C=O) groups is 1. The third-order valence-corrected chi connectivity index (χ3v) is 2.19. The Hall–Kier alpha value is -2.11. The minimum absolute atomic E-state index is 0.0865. The van der Waals surface area contributed by atoms with Crippen LogP contribution in [0.1, 0.15) is 27.6 Å². The van der Waals surface area contributed by atoms with Gasteiger partial charge in [0.2, 0.25) is 0 Å². The average Bonchev–Trinajstić information content (AvgIpc) is 2.75. The Balaban J connectivity index is 2.20. The number of hydrogen-bond acceptors (Lipinski definition) is 4. The first kappa shape index (κ1) is 10.4. The molecule has 2 aromatic rings. The van der Waals surface area contributed by atoms with Crippen LogP contribution >= 0.6 is 0 Å². The highest BCUT2D eigenvalue weighted by molar-refractivity contribution is 5.85. The minimum Gasteiger partial charge on any atom is -0.476 e. The van der Waals surface area contributed by atoms with E-state index in [2.05, 4.69) is 10.3 Å². The Morgan fingerprint density at radius 2 is 2.25 bits per heavy atom. The van der Waals surface area contributed by atoms with Crippen LogP contribution in [0.4, 0.5) is 0 Å². The van der Waals surface area contributed by atoms with Gasteiger partial charge in [-0.3, -0.25) is 4.68 Å². The molecule has 0 aliphatic heterocycles. The second-order valence-electron chi connectivity index (χ2n) is 3.57. The number of hydrogen-bond donors (Lipinski definition) is 1. The minimum atomic E-state index is -1.09. The number of aromatic nitrogens is 3. The molecule has 6 heteroatoms. The molecule has 2 heterocycles. The molecule has 0 spiro atoms. The number of rotatable bonds is 3. The van der Waals surface area contributed by atoms with Crippen molar-refractivity contribution in [2.24, 2.45) is 0 Å². The third kappa shape index (κ3) is 1.95. The Morgan fingerprint density at radius 1 is 1.50 bits per heavy atom. The lowest BCUT2D eigenvalue weighted by atomic mass is 10.3. The van der Waals surface area contributed by atoms with Crippen molar-refractivity contribution in [2.45, 2.75) is 20.4 Å². The Labute approximate surface area is 91.5 Å². The van der Waals surface area contributed by atoms with Gasteiger partial charge in [-0.15, -0.1) is 0 Å². The topological polar surface area (TPSA) is 81.2 Å². The molecular formula is C10H11N3O3. The van der Waals surface area contributed by atoms with Gasteiger partial charge >= 0.3 is 5.97 Å². The van der Waals surface area contributed by atoms with Gasteiger partial charge in [0.05, 0.1) is 5.69 Å². The maximum Gasteiger partial charge on any atom is 0.358 e. The molecule has 0 radical (unpaired) electrons. The molecule has 84 valence electrons. The molecule has 0 fully saturated rings. The van der Waals surface area contributed by atoms with Gasteiger partial charge in [-0.2, -0.15) is 5.10 Å². The van der Waals surface area contributed by atoms with Crippen molar-refractivity contribution in [2.75, 3.05) is 0 Å². The summed E-state index contributed by atoms with van der Waals surface area (Å²) >= 11 is 0. The van der Waals surface area contributed by atoms with E-state index in [9.17, 15) is 4.79 Å². The number of aromatic carboxylic acids is 1. The second-order valence-corrected chi connectivity index (χ2v) is 3.57. The van der Waals surface area contributed by atoms with Gasteiger partial charge in [0, 0.05) is 11.8 Å². The van der Waals surface area contributed by atoms with E-state index in [1.54, 1.807) is 4.68 Å². The molecule has 0 aromatic carbocycles. The molecule has 0 amide bonds. The smallest absolute Gasteiger partial charge is 0.358 e. The Morgan fingerprint density at radius 3 is 2.75 bits per heavy atom. The lowest BCUT2D eigenvalue weighted by Gasteiger charge is -1.99. The predicted octanol–water partition coefficient (Wildman–Crippen LogP) is 1.23. The van der Waals surface area contributed by atoms with E-state index in [4.69, 9.17) is 9.63 Å². The first-order valence-electron chi connectivity index (χ1n) is 4.76. The molecule has 0 saturated carbocycles. The first-order chi connectivity index (χ1) is 7.56. The zero-order valence-electron chi connectivity index (χ0n) is 8.97. The maximum absolute atomic E-state index is 10.6. The molecular weight excluding hydrogens is 210 g/mol. The molecule has 1 N–H and O–H groups in total. The van der Waals surface area contributed by atoms with E-state index in [1.165, 1.54) is 6.07 Å². The third-order valence-electron chi connectivity index (χ3n) is 2.19. The monoisotopic (exact) mass is 221 g/mol. The van der Waals surface area contributed by atoms with Crippen molar-refractivity contribution in [1.29, 1.82) is 0 Å². The van der Waals surface area contributed by atoms with Crippen LogP contribution in [0.3, 0.4) is 0 Å². The standard InChI is InChI=1S/C10H11N3O3/c1-6-3-7(2)13(11-6)5-8-4-9(10(14)15)12-16-8/h3-4H,5H2,1-2H3,(H,14,15). The van der Waals surface area contributed by atoms with E-state index >= 15 is 0 Å². The first-order valence-corrected chi connectivity index (χ1v) is 4.76. The molecule has 2 aromatic heterocycles. The molecule has 0 bridgehead atoms. The van der Waals surface area contributed by atoms with Crippen LogP contribution in [0, 0.1) is 13.8 Å². The maximum atomic E-state index is 10.6. The average molecular weight is 221 g/mol. The lowest BCUT2D eigenvalue weighted by Crippen LogP contribution is -2.03. The van der Waals surface area contributed by atoms with Crippen molar-refractivity contribution in [3.63, 3.8) is 0 Å². The van der Waals surface area contributed by atoms with Crippen LogP contribution in [0.15, 0.2) is 16.7 Å². The quantitative estimate of drug-likeness (QED) is 0.843. The van der Waals surface area contributed by atoms with Crippen molar-refractivity contribution in [3.8, 4) is 0 Å². The van der Waals surface area contributed by atoms with Crippen LogP contribution < -0.4 is 0 Å². The summed E-state index contributed by atoms with van der Waals surface area (Å²) in [7, 11) is 0. The van der Waals surface area contributed by atoms with Crippen molar-refractivity contribution in [3.05, 3.63) is 35.0 Å². The van der Waals surface area contributed by atoms with E-state index in [-0.39, 0.29) is 5.69 Å². The van der Waals surface area contributed by atoms with Gasteiger partial charge in [0.25, 0.3) is 0 Å². The summed E-state index contributed by atoms with van der Waals surface area (Å²) in [5.41, 5.74) is 1.82. The van der Waals surface area contributed by atoms with Crippen LogP contribution in [0.25, 0.3) is 0 Å². The summed E-state index contributed by atoms with van der Waals surface area (Å²) < 4.78 is 6.64. The SMILES string of the molecule is Cc1cc(C)n(Cc2cc(C(=O)O)no2)n1. The highest BCUT2D eigenvalue weighted by Gasteiger charge is 2.12. The summed E-state index contributed by atoms with van der Waals surface area (Å²) in [5, 5.41) is 16.4. The second kappa shape index (κ2) is 3.80. The summed E-state index contributed by atoms with van der Waals surface area (Å²) in [6, 6.07) is 3.34. The normalized spacial score (nSPS) is 10.6. The van der Waals surface area contributed by atoms with Crippen LogP contribution in [0.2, 0.25) is 0 Å². The van der Waals surface area contributed by atoms with Gasteiger partial charge in [0.15, 0.2) is 11.5 Å². The van der Waals surface area contributed by atoms with E-state index < -0.39 is 5.97 Å². The highest BCUT2D eigenvalue weighted by atomic mass is 16.5. The van der Waals surface area contributed by atoms with Gasteiger partial charge in [-0.25, -0.2) is 4.79 Å². The van der Waals surface area contributed by atoms with Crippen molar-refractivity contribution in [1.82, 2.24) is 14.9 Å². The van der Waals surface area contributed by atoms with Gasteiger partial charge in [-0.1, -0.05) is 5.16 Å². The van der Waals surface area contributed by atoms with Crippen LogP contribution in [-0.4, -0.2) is 26.0 Å². The molecule has 0 aliphatic rings.